The summed E-state index contributed by atoms with van der Waals surface area (Å²) in [5, 5.41) is 42.3. The van der Waals surface area contributed by atoms with Crippen molar-refractivity contribution in [2.24, 2.45) is 92.7 Å². The Balaban J connectivity index is 0.000000146. The zero-order valence-electron chi connectivity index (χ0n) is 77.8. The minimum Gasteiger partial charge on any atom is -0.691 e. The smallest absolute Gasteiger partial charge is 0.415 e. The van der Waals surface area contributed by atoms with Crippen molar-refractivity contribution in [2.45, 2.75) is 194 Å². The lowest BCUT2D eigenvalue weighted by molar-refractivity contribution is -0.777. The molecule has 16 aliphatic rings. The number of ether oxygens (including phenoxy) is 11. The lowest BCUT2D eigenvalue weighted by Crippen LogP contribution is -2.50. The van der Waals surface area contributed by atoms with Gasteiger partial charge in [0.2, 0.25) is 0 Å². The molecule has 752 valence electrons. The fourth-order valence-electron chi connectivity index (χ4n) is 24.3. The first-order valence-corrected chi connectivity index (χ1v) is 51.9. The molecule has 0 radical (unpaired) electrons. The number of esters is 5. The average Bonchev–Trinajstić information content (AvgIpc) is 0.741. The van der Waals surface area contributed by atoms with E-state index in [2.05, 4.69) is 210 Å². The van der Waals surface area contributed by atoms with Crippen LogP contribution >= 0.6 is 24.1 Å². The molecule has 0 aliphatic heterocycles. The highest BCUT2D eigenvalue weighted by Gasteiger charge is 2.60. The molecule has 0 unspecified atom stereocenters. The van der Waals surface area contributed by atoms with Gasteiger partial charge in [-0.25, -0.2) is 9.59 Å². The van der Waals surface area contributed by atoms with Crippen molar-refractivity contribution in [3.05, 3.63) is 182 Å². The number of carbonyl (C=O) groups is 6. The van der Waals surface area contributed by atoms with Gasteiger partial charge in [-0.1, -0.05) is 109 Å². The van der Waals surface area contributed by atoms with Crippen molar-refractivity contribution < 1.29 is 143 Å². The SMILES string of the molecule is COC(=O)C(F)(F)SOO[O-].O=C(O)C12CC3CC(CC(C3)C1)C2.O=C(OCCOCCOCCO)C12CC3CC(CC(C3)C1)C2.O=C(OCCOCCOCCO)C12CC3CC(CC(C3)C1)C2.O=C(OCCOCCOCCOC(=O)C(F)(F)SOO[O-])C12CC3CC(CC(C3)C1)C2.c1ccc([S+](c2ccccc2)c2ccccc2)cc1.c1ccc([S+](c2ccccc2)c2ccccc2)cc1. The Labute approximate surface area is 814 Å². The van der Waals surface area contributed by atoms with Gasteiger partial charge in [-0.2, -0.15) is 26.2 Å². The highest BCUT2D eigenvalue weighted by molar-refractivity contribution is 7.97. The molecule has 0 amide bonds. The van der Waals surface area contributed by atoms with E-state index in [0.29, 0.717) is 83.8 Å². The van der Waals surface area contributed by atoms with Crippen LogP contribution in [-0.4, -0.2) is 188 Å². The molecule has 16 aliphatic carbocycles. The molecule has 0 heterocycles. The van der Waals surface area contributed by atoms with Crippen molar-refractivity contribution >= 4 is 81.7 Å². The van der Waals surface area contributed by atoms with Gasteiger partial charge >= 0.3 is 46.3 Å². The van der Waals surface area contributed by atoms with E-state index < -0.39 is 59.1 Å². The number of aliphatic hydroxyl groups excluding tert-OH is 2. The first kappa shape index (κ1) is 109. The number of carboxylic acid groups (broad SMARTS) is 1. The van der Waals surface area contributed by atoms with Crippen molar-refractivity contribution in [1.82, 2.24) is 0 Å². The van der Waals surface area contributed by atoms with E-state index in [0.717, 1.165) is 137 Å². The fourth-order valence-corrected chi connectivity index (χ4v) is 29.0. The number of aliphatic carboxylic acids is 1. The van der Waals surface area contributed by atoms with Crippen molar-refractivity contribution in [3.8, 4) is 0 Å². The van der Waals surface area contributed by atoms with E-state index in [1.54, 1.807) is 0 Å². The normalized spacial score (nSPS) is 26.9. The number of halogens is 4. The van der Waals surface area contributed by atoms with Gasteiger partial charge in [0.05, 0.1) is 143 Å². The number of hydrogen-bond acceptors (Lipinski definition) is 27. The number of carboxylic acids is 1. The van der Waals surface area contributed by atoms with Crippen LogP contribution in [0.15, 0.2) is 211 Å². The standard InChI is InChI=1S/C19H28F2O9S.2C18H15S.2C17H28O5.C11H16O2.C3H4F2O5S/c20-19(21,31-30-29-24)17(23)28-6-4-26-2-1-25-3-5-27-16(22)18-10-13-7-14(11-18)9-15(8-13)12-18;2*1-4-10-16(11-5-1)19(17-12-6-2-7-13-17)18-14-8-3-9-15-18;2*18-1-2-20-3-4-21-5-6-22-16(19)17-10-13-7-14(11-17)9-15(8-13)12-17;12-10(13)11-4-7-1-8(5-11)3-9(2-7)6-11;1-8-2(6)3(4,5)11-10-9-7/h13-15,24H,1-12H2;2*1-15H;2*13-15,18H,1-12H2;7-9H,1-6H2,(H,12,13);7H,1H3/q;2*+1;;;;/p-2. The summed E-state index contributed by atoms with van der Waals surface area (Å²) in [5.41, 5.74) is -0.897. The molecule has 22 rings (SSSR count). The number of rotatable bonds is 43. The van der Waals surface area contributed by atoms with Crippen LogP contribution in [-0.2, 0) is 121 Å². The molecule has 0 saturated heterocycles. The highest BCUT2D eigenvalue weighted by Crippen LogP contribution is 2.64. The van der Waals surface area contributed by atoms with Crippen LogP contribution in [0.3, 0.4) is 0 Å². The zero-order chi connectivity index (χ0) is 96.9. The number of methoxy groups -OCH3 is 1. The summed E-state index contributed by atoms with van der Waals surface area (Å²) >= 11 is -1.49. The Morgan fingerprint density at radius 2 is 0.496 bits per heavy atom. The molecular formula is C103H132F4O26S4. The summed E-state index contributed by atoms with van der Waals surface area (Å²) in [5.74, 6) is 4.61. The quantitative estimate of drug-likeness (QED) is 0.00468. The molecule has 16 saturated carbocycles. The van der Waals surface area contributed by atoms with Gasteiger partial charge in [0.25, 0.3) is 0 Å². The van der Waals surface area contributed by atoms with E-state index in [4.69, 9.17) is 58.1 Å². The van der Waals surface area contributed by atoms with Crippen LogP contribution in [0.25, 0.3) is 0 Å². The number of benzene rings is 6. The lowest BCUT2D eigenvalue weighted by Gasteiger charge is -2.55. The molecule has 0 spiro atoms. The zero-order valence-corrected chi connectivity index (χ0v) is 81.1. The largest absolute Gasteiger partial charge is 0.691 e. The maximum absolute atomic E-state index is 13.1. The number of carbonyl (C=O) groups excluding carboxylic acids is 5. The number of hydrogen-bond donors (Lipinski definition) is 3. The second-order valence-electron chi connectivity index (χ2n) is 38.2. The van der Waals surface area contributed by atoms with Gasteiger partial charge in [-0.15, -0.1) is 0 Å². The minimum atomic E-state index is -4.07. The molecule has 0 aromatic heterocycles. The first-order valence-electron chi connectivity index (χ1n) is 47.9. The van der Waals surface area contributed by atoms with Crippen LogP contribution in [0.1, 0.15) is 154 Å². The van der Waals surface area contributed by atoms with E-state index >= 15 is 0 Å². The second kappa shape index (κ2) is 54.8. The maximum Gasteiger partial charge on any atom is 0.415 e. The number of alkyl halides is 4. The minimum absolute atomic E-state index is 0.0146. The third kappa shape index (κ3) is 32.1. The Morgan fingerprint density at radius 3 is 0.693 bits per heavy atom. The van der Waals surface area contributed by atoms with Gasteiger partial charge in [0, 0.05) is 0 Å². The summed E-state index contributed by atoms with van der Waals surface area (Å²) in [7, 11) is 0.743. The Hall–Kier alpha value is -7.30. The molecule has 6 aromatic carbocycles. The molecule has 0 atom stereocenters. The Morgan fingerprint density at radius 1 is 0.307 bits per heavy atom. The number of aliphatic hydroxyl groups is 2. The van der Waals surface area contributed by atoms with Gasteiger partial charge in [-0.05, 0) is 298 Å². The van der Waals surface area contributed by atoms with E-state index in [9.17, 15) is 56.7 Å². The van der Waals surface area contributed by atoms with E-state index in [1.165, 1.54) is 106 Å². The summed E-state index contributed by atoms with van der Waals surface area (Å²) in [6.45, 7) is 4.36. The monoisotopic (exact) mass is 1990 g/mol. The maximum atomic E-state index is 13.1. The summed E-state index contributed by atoms with van der Waals surface area (Å²) in [6, 6.07) is 64.3. The van der Waals surface area contributed by atoms with Crippen LogP contribution < -0.4 is 10.5 Å². The highest BCUT2D eigenvalue weighted by atomic mass is 32.2. The summed E-state index contributed by atoms with van der Waals surface area (Å²) < 4.78 is 113. The molecule has 6 aromatic rings. The predicted octanol–water partition coefficient (Wildman–Crippen LogP) is 16.8. The second-order valence-corrected chi connectivity index (χ2v) is 43.9. The third-order valence-corrected chi connectivity index (χ3v) is 33.7. The Bertz CT molecular complexity index is 4060. The fraction of sp³-hybridized carbons (Fsp3) is 0.592. The molecular weight excluding hydrogens is 1860 g/mol. The van der Waals surface area contributed by atoms with Gasteiger partial charge in [-0.3, -0.25) is 29.3 Å². The van der Waals surface area contributed by atoms with Crippen molar-refractivity contribution in [3.63, 3.8) is 0 Å². The van der Waals surface area contributed by atoms with Crippen LogP contribution in [0, 0.1) is 92.7 Å². The topological polar surface area (TPSA) is 348 Å². The van der Waals surface area contributed by atoms with Gasteiger partial charge in [0.1, 0.15) is 50.5 Å². The predicted molar refractivity (Wildman–Crippen MR) is 497 cm³/mol. The molecule has 26 nitrogen and oxygen atoms in total. The summed E-state index contributed by atoms with van der Waals surface area (Å²) in [4.78, 5) is 78.3. The molecule has 16 bridgehead atoms. The third-order valence-electron chi connectivity index (χ3n) is 28.2. The van der Waals surface area contributed by atoms with Crippen LogP contribution in [0.4, 0.5) is 17.6 Å². The Kier molecular flexibility index (Phi) is 43.4. The average molecular weight is 1990 g/mol. The van der Waals surface area contributed by atoms with Crippen LogP contribution in [0.5, 0.6) is 0 Å². The lowest BCUT2D eigenvalue weighted by atomic mass is 9.49. The summed E-state index contributed by atoms with van der Waals surface area (Å²) in [6.07, 6.45) is 27.9. The van der Waals surface area contributed by atoms with Crippen LogP contribution in [0.2, 0.25) is 0 Å². The van der Waals surface area contributed by atoms with Gasteiger partial charge < -0.3 is 77.9 Å². The molecule has 34 heteroatoms. The molecule has 16 fully saturated rings. The molecule has 137 heavy (non-hydrogen) atoms. The van der Waals surface area contributed by atoms with Crippen molar-refractivity contribution in [1.29, 1.82) is 0 Å². The van der Waals surface area contributed by atoms with E-state index in [-0.39, 0.29) is 108 Å². The first-order chi connectivity index (χ1) is 66.4. The molecule has 3 N–H and O–H groups in total. The van der Waals surface area contributed by atoms with Crippen molar-refractivity contribution in [2.75, 3.05) is 126 Å². The van der Waals surface area contributed by atoms with E-state index in [1.807, 2.05) is 0 Å². The van der Waals surface area contributed by atoms with Gasteiger partial charge in [0.15, 0.2) is 29.4 Å².